The molecule has 0 saturated carbocycles. The van der Waals surface area contributed by atoms with Gasteiger partial charge in [-0.3, -0.25) is 4.79 Å². The van der Waals surface area contributed by atoms with Crippen molar-refractivity contribution >= 4 is 5.91 Å². The molecule has 0 radical (unpaired) electrons. The van der Waals surface area contributed by atoms with E-state index < -0.39 is 0 Å². The number of amides is 1. The smallest absolute Gasteiger partial charge is 0.266 e. The number of carbonyl (C=O) groups excluding carboxylic acids is 1. The highest BCUT2D eigenvalue weighted by Crippen LogP contribution is 2.17. The molecule has 0 spiro atoms. The van der Waals surface area contributed by atoms with Crippen molar-refractivity contribution in [1.82, 2.24) is 14.7 Å². The summed E-state index contributed by atoms with van der Waals surface area (Å²) in [5.41, 5.74) is 0.276. The summed E-state index contributed by atoms with van der Waals surface area (Å²) in [4.78, 5) is 18.6. The number of hydrogen-bond donors (Lipinski definition) is 0. The fraction of sp³-hybridized carbons (Fsp3) is 0.750. The molecule has 0 unspecified atom stereocenters. The lowest BCUT2D eigenvalue weighted by molar-refractivity contribution is -0.127. The molecular weight excluding hydrogens is 264 g/mol. The standard InChI is InChI=1S/C16H26N4O/c1-18-10-6-15(7-11-18)19(2)13-14(12-17)16(21)20-8-4-3-5-9-20/h13,15H,3-11H2,1-2H3/b14-13-. The molecule has 2 fully saturated rings. The molecule has 5 nitrogen and oxygen atoms in total. The van der Waals surface area contributed by atoms with Gasteiger partial charge in [-0.1, -0.05) is 0 Å². The minimum Gasteiger partial charge on any atom is -0.376 e. The number of carbonyl (C=O) groups is 1. The SMILES string of the molecule is CN1CCC(N(C)/C=C(/C#N)C(=O)N2CCCCC2)CC1. The average molecular weight is 290 g/mol. The largest absolute Gasteiger partial charge is 0.376 e. The van der Waals surface area contributed by atoms with Crippen LogP contribution in [0.2, 0.25) is 0 Å². The molecule has 0 aromatic rings. The first-order chi connectivity index (χ1) is 10.1. The first-order valence-corrected chi connectivity index (χ1v) is 7.93. The van der Waals surface area contributed by atoms with Crippen molar-refractivity contribution in [1.29, 1.82) is 5.26 Å². The Balaban J connectivity index is 1.98. The third-order valence-electron chi connectivity index (χ3n) is 4.59. The molecule has 0 aromatic carbocycles. The topological polar surface area (TPSA) is 50.6 Å². The Morgan fingerprint density at radius 1 is 1.19 bits per heavy atom. The van der Waals surface area contributed by atoms with Crippen LogP contribution in [0, 0.1) is 11.3 Å². The van der Waals surface area contributed by atoms with Gasteiger partial charge in [0.05, 0.1) is 0 Å². The summed E-state index contributed by atoms with van der Waals surface area (Å²) >= 11 is 0. The van der Waals surface area contributed by atoms with Gasteiger partial charge in [-0.2, -0.15) is 5.26 Å². The summed E-state index contributed by atoms with van der Waals surface area (Å²) in [5.74, 6) is -0.100. The van der Waals surface area contributed by atoms with Gasteiger partial charge in [-0.05, 0) is 52.2 Å². The predicted molar refractivity (Wildman–Crippen MR) is 82.4 cm³/mol. The third-order valence-corrected chi connectivity index (χ3v) is 4.59. The molecule has 2 aliphatic heterocycles. The van der Waals surface area contributed by atoms with Gasteiger partial charge in [-0.25, -0.2) is 0 Å². The second kappa shape index (κ2) is 7.46. The zero-order valence-corrected chi connectivity index (χ0v) is 13.2. The number of likely N-dealkylation sites (tertiary alicyclic amines) is 2. The monoisotopic (exact) mass is 290 g/mol. The van der Waals surface area contributed by atoms with Gasteiger partial charge in [0.15, 0.2) is 0 Å². The molecule has 5 heteroatoms. The van der Waals surface area contributed by atoms with Crippen molar-refractivity contribution in [2.45, 2.75) is 38.1 Å². The van der Waals surface area contributed by atoms with Crippen LogP contribution in [0.3, 0.4) is 0 Å². The summed E-state index contributed by atoms with van der Waals surface area (Å²) < 4.78 is 0. The van der Waals surface area contributed by atoms with E-state index >= 15 is 0 Å². The summed E-state index contributed by atoms with van der Waals surface area (Å²) in [5, 5.41) is 9.32. The predicted octanol–water partition coefficient (Wildman–Crippen LogP) is 1.43. The van der Waals surface area contributed by atoms with Crippen LogP contribution in [0.5, 0.6) is 0 Å². The van der Waals surface area contributed by atoms with Crippen LogP contribution < -0.4 is 0 Å². The van der Waals surface area contributed by atoms with Crippen molar-refractivity contribution in [3.8, 4) is 6.07 Å². The van der Waals surface area contributed by atoms with E-state index in [4.69, 9.17) is 0 Å². The maximum Gasteiger partial charge on any atom is 0.266 e. The Kier molecular flexibility index (Phi) is 5.63. The quantitative estimate of drug-likeness (QED) is 0.583. The van der Waals surface area contributed by atoms with E-state index in [9.17, 15) is 10.1 Å². The zero-order valence-electron chi connectivity index (χ0n) is 13.2. The molecule has 2 heterocycles. The molecule has 1 amide bonds. The second-order valence-electron chi connectivity index (χ2n) is 6.21. The number of piperidine rings is 2. The lowest BCUT2D eigenvalue weighted by Gasteiger charge is -2.35. The van der Waals surface area contributed by atoms with Crippen LogP contribution in [0.15, 0.2) is 11.8 Å². The molecule has 2 aliphatic rings. The highest BCUT2D eigenvalue weighted by Gasteiger charge is 2.23. The fourth-order valence-corrected chi connectivity index (χ4v) is 3.11. The highest BCUT2D eigenvalue weighted by molar-refractivity contribution is 5.97. The van der Waals surface area contributed by atoms with E-state index in [1.807, 2.05) is 11.9 Å². The van der Waals surface area contributed by atoms with Gasteiger partial charge >= 0.3 is 0 Å². The molecule has 0 bridgehead atoms. The fourth-order valence-electron chi connectivity index (χ4n) is 3.11. The van der Waals surface area contributed by atoms with Crippen LogP contribution in [0.25, 0.3) is 0 Å². The average Bonchev–Trinajstić information content (AvgIpc) is 2.53. The third kappa shape index (κ3) is 4.21. The molecule has 2 saturated heterocycles. The van der Waals surface area contributed by atoms with Gasteiger partial charge in [0, 0.05) is 32.4 Å². The van der Waals surface area contributed by atoms with E-state index in [0.717, 1.165) is 51.9 Å². The lowest BCUT2D eigenvalue weighted by atomic mass is 10.0. The van der Waals surface area contributed by atoms with Crippen molar-refractivity contribution in [2.24, 2.45) is 0 Å². The minimum atomic E-state index is -0.100. The lowest BCUT2D eigenvalue weighted by Crippen LogP contribution is -2.41. The van der Waals surface area contributed by atoms with Crippen LogP contribution >= 0.6 is 0 Å². The van der Waals surface area contributed by atoms with Crippen LogP contribution in [-0.4, -0.2) is 66.9 Å². The second-order valence-corrected chi connectivity index (χ2v) is 6.21. The Morgan fingerprint density at radius 3 is 2.38 bits per heavy atom. The van der Waals surface area contributed by atoms with Gasteiger partial charge in [0.1, 0.15) is 11.6 Å². The summed E-state index contributed by atoms with van der Waals surface area (Å²) in [6, 6.07) is 2.53. The Bertz CT molecular complexity index is 426. The molecule has 0 N–H and O–H groups in total. The highest BCUT2D eigenvalue weighted by atomic mass is 16.2. The van der Waals surface area contributed by atoms with Crippen molar-refractivity contribution < 1.29 is 4.79 Å². The maximum absolute atomic E-state index is 12.4. The first kappa shape index (κ1) is 15.8. The molecule has 0 aliphatic carbocycles. The number of rotatable bonds is 3. The molecule has 0 atom stereocenters. The Labute approximate surface area is 127 Å². The summed E-state index contributed by atoms with van der Waals surface area (Å²) in [6.45, 7) is 3.72. The number of nitriles is 1. The number of hydrogen-bond acceptors (Lipinski definition) is 4. The Hall–Kier alpha value is -1.54. The zero-order chi connectivity index (χ0) is 15.2. The van der Waals surface area contributed by atoms with Gasteiger partial charge in [0.25, 0.3) is 5.91 Å². The van der Waals surface area contributed by atoms with E-state index in [0.29, 0.717) is 6.04 Å². The number of nitrogens with zero attached hydrogens (tertiary/aromatic N) is 4. The van der Waals surface area contributed by atoms with Crippen molar-refractivity contribution in [3.05, 3.63) is 11.8 Å². The Morgan fingerprint density at radius 2 is 1.81 bits per heavy atom. The van der Waals surface area contributed by atoms with E-state index in [1.54, 1.807) is 6.20 Å². The van der Waals surface area contributed by atoms with Crippen LogP contribution in [0.4, 0.5) is 0 Å². The first-order valence-electron chi connectivity index (χ1n) is 7.93. The minimum absolute atomic E-state index is 0.100. The van der Waals surface area contributed by atoms with Gasteiger partial charge in [-0.15, -0.1) is 0 Å². The summed E-state index contributed by atoms with van der Waals surface area (Å²) in [7, 11) is 4.11. The normalized spacial score (nSPS) is 22.0. The van der Waals surface area contributed by atoms with Gasteiger partial charge in [0.2, 0.25) is 0 Å². The van der Waals surface area contributed by atoms with E-state index in [-0.39, 0.29) is 11.5 Å². The van der Waals surface area contributed by atoms with Gasteiger partial charge < -0.3 is 14.7 Å². The molecule has 21 heavy (non-hydrogen) atoms. The van der Waals surface area contributed by atoms with Crippen molar-refractivity contribution in [2.75, 3.05) is 40.3 Å². The molecular formula is C16H26N4O. The van der Waals surface area contributed by atoms with Crippen LogP contribution in [-0.2, 0) is 4.79 Å². The maximum atomic E-state index is 12.4. The van der Waals surface area contributed by atoms with E-state index in [2.05, 4.69) is 22.9 Å². The summed E-state index contributed by atoms with van der Waals surface area (Å²) in [6.07, 6.45) is 7.21. The van der Waals surface area contributed by atoms with Crippen molar-refractivity contribution in [3.63, 3.8) is 0 Å². The van der Waals surface area contributed by atoms with E-state index in [1.165, 1.54) is 6.42 Å². The molecule has 116 valence electrons. The van der Waals surface area contributed by atoms with Crippen LogP contribution in [0.1, 0.15) is 32.1 Å². The molecule has 2 rings (SSSR count). The molecule has 0 aromatic heterocycles.